The van der Waals surface area contributed by atoms with Crippen LogP contribution in [0.3, 0.4) is 0 Å². The maximum absolute atomic E-state index is 12.9. The van der Waals surface area contributed by atoms with Crippen molar-refractivity contribution in [3.05, 3.63) is 90.0 Å². The number of carbonyl (C=O) groups is 1. The fourth-order valence-corrected chi connectivity index (χ4v) is 4.63. The lowest BCUT2D eigenvalue weighted by molar-refractivity contribution is 0.102. The molecule has 0 saturated carbocycles. The summed E-state index contributed by atoms with van der Waals surface area (Å²) >= 11 is 0. The van der Waals surface area contributed by atoms with E-state index in [1.165, 1.54) is 6.07 Å². The Labute approximate surface area is 179 Å². The molecule has 4 aromatic carbocycles. The lowest BCUT2D eigenvalue weighted by atomic mass is 10.1. The Bertz CT molecular complexity index is 1460. The van der Waals surface area contributed by atoms with E-state index in [1.54, 1.807) is 36.4 Å². The smallest absolute Gasteiger partial charge is 0.261 e. The molecule has 1 aliphatic rings. The first-order valence-electron chi connectivity index (χ1n) is 9.65. The summed E-state index contributed by atoms with van der Waals surface area (Å²) in [5, 5.41) is 4.60. The van der Waals surface area contributed by atoms with Gasteiger partial charge in [-0.25, -0.2) is 8.42 Å². The zero-order valence-corrected chi connectivity index (χ0v) is 17.4. The molecule has 0 fully saturated rings. The first kappa shape index (κ1) is 19.1. The van der Waals surface area contributed by atoms with Gasteiger partial charge in [0.1, 0.15) is 5.75 Å². The molecule has 1 aliphatic heterocycles. The van der Waals surface area contributed by atoms with Crippen LogP contribution in [0.5, 0.6) is 11.5 Å². The monoisotopic (exact) mass is 430 g/mol. The van der Waals surface area contributed by atoms with Gasteiger partial charge in [0, 0.05) is 5.69 Å². The van der Waals surface area contributed by atoms with Gasteiger partial charge in [-0.15, -0.1) is 0 Å². The third-order valence-electron chi connectivity index (χ3n) is 5.11. The summed E-state index contributed by atoms with van der Waals surface area (Å²) in [7, 11) is -3.84. The molecule has 31 heavy (non-hydrogen) atoms. The van der Waals surface area contributed by atoms with Gasteiger partial charge in [0.15, 0.2) is 5.75 Å². The van der Waals surface area contributed by atoms with E-state index in [2.05, 4.69) is 10.0 Å². The van der Waals surface area contributed by atoms with Gasteiger partial charge in [0.25, 0.3) is 15.9 Å². The van der Waals surface area contributed by atoms with Crippen LogP contribution in [0.4, 0.5) is 11.4 Å². The molecule has 1 heterocycles. The Balaban J connectivity index is 1.47. The Morgan fingerprint density at radius 1 is 0.839 bits per heavy atom. The topological polar surface area (TPSA) is 84.5 Å². The molecular formula is C24H18N2O4S. The highest BCUT2D eigenvalue weighted by Crippen LogP contribution is 2.37. The minimum Gasteiger partial charge on any atom is -0.454 e. The van der Waals surface area contributed by atoms with Crippen molar-refractivity contribution in [1.29, 1.82) is 0 Å². The normalized spacial score (nSPS) is 12.9. The molecule has 1 amide bonds. The number of aryl methyl sites for hydroxylation is 1. The van der Waals surface area contributed by atoms with Crippen molar-refractivity contribution >= 4 is 38.1 Å². The second kappa shape index (κ2) is 7.14. The molecule has 0 spiro atoms. The molecule has 0 saturated heterocycles. The first-order valence-corrected chi connectivity index (χ1v) is 11.1. The molecule has 4 aromatic rings. The summed E-state index contributed by atoms with van der Waals surface area (Å²) in [5.74, 6) is 0.516. The van der Waals surface area contributed by atoms with Crippen molar-refractivity contribution in [3.8, 4) is 11.5 Å². The summed E-state index contributed by atoms with van der Waals surface area (Å²) < 4.78 is 34.3. The maximum Gasteiger partial charge on any atom is 0.261 e. The maximum atomic E-state index is 12.9. The predicted octanol–water partition coefficient (Wildman–Crippen LogP) is 5.31. The molecule has 0 bridgehead atoms. The number of amides is 1. The van der Waals surface area contributed by atoms with Gasteiger partial charge < -0.3 is 10.1 Å². The molecule has 0 aliphatic carbocycles. The van der Waals surface area contributed by atoms with Crippen LogP contribution >= 0.6 is 0 Å². The number of benzene rings is 4. The molecule has 0 aromatic heterocycles. The van der Waals surface area contributed by atoms with E-state index in [9.17, 15) is 13.2 Å². The van der Waals surface area contributed by atoms with Gasteiger partial charge in [-0.05, 0) is 65.7 Å². The fraction of sp³-hybridized carbons (Fsp3) is 0.0417. The molecule has 0 radical (unpaired) electrons. The van der Waals surface area contributed by atoms with Gasteiger partial charge >= 0.3 is 0 Å². The van der Waals surface area contributed by atoms with E-state index in [0.717, 1.165) is 16.3 Å². The average Bonchev–Trinajstić information content (AvgIpc) is 2.88. The van der Waals surface area contributed by atoms with Crippen LogP contribution in [-0.4, -0.2) is 14.3 Å². The van der Waals surface area contributed by atoms with Crippen molar-refractivity contribution in [3.63, 3.8) is 0 Å². The minimum absolute atomic E-state index is 0.143. The molecule has 0 atom stereocenters. The van der Waals surface area contributed by atoms with Gasteiger partial charge in [-0.2, -0.15) is 0 Å². The first-order chi connectivity index (χ1) is 14.9. The summed E-state index contributed by atoms with van der Waals surface area (Å²) in [5.41, 5.74) is 2.07. The van der Waals surface area contributed by atoms with E-state index in [4.69, 9.17) is 4.74 Å². The minimum atomic E-state index is -3.84. The molecule has 5 rings (SSSR count). The summed E-state index contributed by atoms with van der Waals surface area (Å²) in [6.45, 7) is 1.92. The molecule has 2 N–H and O–H groups in total. The van der Waals surface area contributed by atoms with Crippen molar-refractivity contribution in [1.82, 2.24) is 0 Å². The zero-order valence-electron chi connectivity index (χ0n) is 16.5. The van der Waals surface area contributed by atoms with E-state index < -0.39 is 10.0 Å². The van der Waals surface area contributed by atoms with E-state index in [-0.39, 0.29) is 22.1 Å². The lowest BCUT2D eigenvalue weighted by Crippen LogP contribution is -2.15. The van der Waals surface area contributed by atoms with Crippen LogP contribution in [-0.2, 0) is 10.0 Å². The van der Waals surface area contributed by atoms with Crippen LogP contribution in [0.15, 0.2) is 83.8 Å². The Hall–Kier alpha value is -3.84. The average molecular weight is 430 g/mol. The number of rotatable bonds is 3. The highest BCUT2D eigenvalue weighted by atomic mass is 32.2. The van der Waals surface area contributed by atoms with Gasteiger partial charge in [0.05, 0.1) is 16.1 Å². The highest BCUT2D eigenvalue weighted by molar-refractivity contribution is 7.92. The number of anilines is 2. The van der Waals surface area contributed by atoms with Gasteiger partial charge in [-0.3, -0.25) is 9.52 Å². The number of sulfonamides is 1. The Morgan fingerprint density at radius 3 is 2.45 bits per heavy atom. The number of carbonyl (C=O) groups excluding carboxylic acids is 1. The number of ether oxygens (including phenoxy) is 1. The summed E-state index contributed by atoms with van der Waals surface area (Å²) in [6.07, 6.45) is 0. The molecule has 6 nitrogen and oxygen atoms in total. The SMILES string of the molecule is Cc1ccc2c(c1)NC(=O)c1cc(NS(=O)(=O)c3ccc4ccccc4c3)ccc1O2. The van der Waals surface area contributed by atoms with E-state index in [1.807, 2.05) is 43.3 Å². The largest absolute Gasteiger partial charge is 0.454 e. The van der Waals surface area contributed by atoms with Crippen LogP contribution in [0, 0.1) is 6.92 Å². The van der Waals surface area contributed by atoms with Crippen molar-refractivity contribution in [2.45, 2.75) is 11.8 Å². The quantitative estimate of drug-likeness (QED) is 0.461. The number of nitrogens with one attached hydrogen (secondary N) is 2. The number of hydrogen-bond donors (Lipinski definition) is 2. The third kappa shape index (κ3) is 3.60. The molecule has 154 valence electrons. The number of hydrogen-bond acceptors (Lipinski definition) is 4. The third-order valence-corrected chi connectivity index (χ3v) is 6.49. The van der Waals surface area contributed by atoms with E-state index in [0.29, 0.717) is 17.2 Å². The Kier molecular flexibility index (Phi) is 4.41. The molecular weight excluding hydrogens is 412 g/mol. The van der Waals surface area contributed by atoms with Crippen LogP contribution in [0.2, 0.25) is 0 Å². The van der Waals surface area contributed by atoms with Gasteiger partial charge in [0.2, 0.25) is 0 Å². The second-order valence-electron chi connectivity index (χ2n) is 7.38. The number of fused-ring (bicyclic) bond motifs is 3. The van der Waals surface area contributed by atoms with E-state index >= 15 is 0 Å². The van der Waals surface area contributed by atoms with Crippen LogP contribution in [0.25, 0.3) is 10.8 Å². The predicted molar refractivity (Wildman–Crippen MR) is 120 cm³/mol. The van der Waals surface area contributed by atoms with Crippen molar-refractivity contribution < 1.29 is 17.9 Å². The highest BCUT2D eigenvalue weighted by Gasteiger charge is 2.23. The molecule has 7 heteroatoms. The second-order valence-corrected chi connectivity index (χ2v) is 9.06. The zero-order chi connectivity index (χ0) is 21.6. The van der Waals surface area contributed by atoms with Crippen molar-refractivity contribution in [2.75, 3.05) is 10.0 Å². The molecule has 0 unspecified atom stereocenters. The van der Waals surface area contributed by atoms with Crippen LogP contribution in [0.1, 0.15) is 15.9 Å². The standard InChI is InChI=1S/C24H18N2O4S/c1-15-6-10-23-21(12-15)25-24(27)20-14-18(8-11-22(20)30-23)26-31(28,29)19-9-7-16-4-2-3-5-17(16)13-19/h2-14,26H,1H3,(H,25,27). The Morgan fingerprint density at radius 2 is 1.61 bits per heavy atom. The van der Waals surface area contributed by atoms with Crippen LogP contribution < -0.4 is 14.8 Å². The lowest BCUT2D eigenvalue weighted by Gasteiger charge is -2.12. The van der Waals surface area contributed by atoms with Crippen molar-refractivity contribution in [2.24, 2.45) is 0 Å². The fourth-order valence-electron chi connectivity index (χ4n) is 3.55. The van der Waals surface area contributed by atoms with Gasteiger partial charge in [-0.1, -0.05) is 36.4 Å². The summed E-state index contributed by atoms with van der Waals surface area (Å²) in [6, 6.07) is 22.6. The summed E-state index contributed by atoms with van der Waals surface area (Å²) in [4.78, 5) is 12.9.